The zero-order valence-corrected chi connectivity index (χ0v) is 5.11. The van der Waals surface area contributed by atoms with Crippen LogP contribution in [0.5, 0.6) is 0 Å². The second-order valence-electron chi connectivity index (χ2n) is 1.32. The summed E-state index contributed by atoms with van der Waals surface area (Å²) < 4.78 is 55.2. The number of hydrogen-bond donors (Lipinski definition) is 0. The third kappa shape index (κ3) is 7.56. The first-order valence-electron chi connectivity index (χ1n) is 1.73. The smallest absolute Gasteiger partial charge is 0.0873 e. The van der Waals surface area contributed by atoms with E-state index in [0.717, 1.165) is 5.92 Å². The molecule has 0 fully saturated rings. The zero-order valence-electron chi connectivity index (χ0n) is 4.30. The van der Waals surface area contributed by atoms with Crippen molar-refractivity contribution in [2.45, 2.75) is 6.92 Å². The molecule has 0 unspecified atom stereocenters. The van der Waals surface area contributed by atoms with E-state index in [-0.39, 0.29) is 5.25 Å². The summed E-state index contributed by atoms with van der Waals surface area (Å²) in [5.41, 5.74) is 0. The molecule has 0 bridgehead atoms. The van der Waals surface area contributed by atoms with E-state index >= 15 is 0 Å². The molecule has 0 aromatic rings. The van der Waals surface area contributed by atoms with Crippen LogP contribution in [0.1, 0.15) is 6.92 Å². The molecule has 0 aromatic carbocycles. The van der Waals surface area contributed by atoms with E-state index in [4.69, 9.17) is 0 Å². The first-order valence-corrected chi connectivity index (χ1v) is 3.68. The molecule has 0 saturated carbocycles. The van der Waals surface area contributed by atoms with Crippen LogP contribution in [0, 0.1) is 11.2 Å². The van der Waals surface area contributed by atoms with Gasteiger partial charge in [0.2, 0.25) is 0 Å². The van der Waals surface area contributed by atoms with Crippen LogP contribution in [0.25, 0.3) is 0 Å². The molecule has 0 saturated heterocycles. The second-order valence-corrected chi connectivity index (χ2v) is 3.46. The normalized spacial score (nSPS) is 18.9. The Morgan fingerprint density at radius 3 is 1.33 bits per heavy atom. The topological polar surface area (TPSA) is 0 Å². The molecule has 0 rings (SSSR count). The van der Waals surface area contributed by atoms with Gasteiger partial charge in [0, 0.05) is 0 Å². The van der Waals surface area contributed by atoms with Crippen molar-refractivity contribution in [1.29, 1.82) is 0 Å². The van der Waals surface area contributed by atoms with Gasteiger partial charge in [0.15, 0.2) is 0 Å². The molecule has 0 aromatic heterocycles. The maximum atomic E-state index is 11.0. The fourth-order valence-corrected chi connectivity index (χ4v) is 0.579. The van der Waals surface area contributed by atoms with Crippen molar-refractivity contribution in [2.24, 2.45) is 0 Å². The van der Waals surface area contributed by atoms with E-state index in [1.165, 1.54) is 0 Å². The Morgan fingerprint density at radius 2 is 1.33 bits per heavy atom. The highest BCUT2D eigenvalue weighted by atomic mass is 32.5. The summed E-state index contributed by atoms with van der Waals surface area (Å²) in [7, 11) is -9.39. The maximum Gasteiger partial charge on any atom is 0.345 e. The Morgan fingerprint density at radius 1 is 1.00 bits per heavy atom. The molecule has 0 heterocycles. The highest BCUT2D eigenvalue weighted by Crippen LogP contribution is 2.97. The van der Waals surface area contributed by atoms with Crippen LogP contribution in [0.4, 0.5) is 19.4 Å². The Balaban J connectivity index is 4.93. The minimum absolute atomic E-state index is 0.0278. The molecular formula is C3H3F5S. The summed E-state index contributed by atoms with van der Waals surface area (Å²) in [4.78, 5) is 0. The van der Waals surface area contributed by atoms with Crippen LogP contribution in [0.15, 0.2) is 0 Å². The lowest BCUT2D eigenvalue weighted by Gasteiger charge is -2.33. The van der Waals surface area contributed by atoms with E-state index in [1.807, 2.05) is 0 Å². The van der Waals surface area contributed by atoms with Crippen molar-refractivity contribution in [3.8, 4) is 11.2 Å². The predicted octanol–water partition coefficient (Wildman–Crippen LogP) is 3.27. The summed E-state index contributed by atoms with van der Waals surface area (Å²) in [6.07, 6.45) is 0. The van der Waals surface area contributed by atoms with Crippen molar-refractivity contribution < 1.29 is 19.4 Å². The van der Waals surface area contributed by atoms with Gasteiger partial charge >= 0.3 is 10.2 Å². The fourth-order valence-electron chi connectivity index (χ4n) is 0.193. The molecule has 0 amide bonds. The SMILES string of the molecule is CC#CS(F)(F)(F)(F)F. The highest BCUT2D eigenvalue weighted by Gasteiger charge is 2.62. The Kier molecular flexibility index (Phi) is 1.13. The standard InChI is InChI=1S/C3H3F5S/c1-2-3-9(4,5,6,7)8/h1H3. The lowest BCUT2D eigenvalue weighted by molar-refractivity contribution is 0.389. The van der Waals surface area contributed by atoms with Gasteiger partial charge in [-0.2, -0.15) is 0 Å². The third-order valence-corrected chi connectivity index (χ3v) is 0.885. The van der Waals surface area contributed by atoms with Crippen LogP contribution in [-0.2, 0) is 0 Å². The van der Waals surface area contributed by atoms with Crippen molar-refractivity contribution in [2.75, 3.05) is 0 Å². The number of rotatable bonds is 0. The number of hydrogen-bond acceptors (Lipinski definition) is 0. The lowest BCUT2D eigenvalue weighted by Crippen LogP contribution is -1.99. The predicted molar refractivity (Wildman–Crippen MR) is 26.6 cm³/mol. The van der Waals surface area contributed by atoms with E-state index in [2.05, 4.69) is 0 Å². The van der Waals surface area contributed by atoms with E-state index < -0.39 is 10.2 Å². The molecule has 9 heavy (non-hydrogen) atoms. The van der Waals surface area contributed by atoms with Gasteiger partial charge in [-0.1, -0.05) is 25.3 Å². The summed E-state index contributed by atoms with van der Waals surface area (Å²) in [6.45, 7) is 0.706. The number of halogens is 5. The summed E-state index contributed by atoms with van der Waals surface area (Å²) in [6, 6.07) is 0. The van der Waals surface area contributed by atoms with Crippen LogP contribution >= 0.6 is 10.2 Å². The maximum absolute atomic E-state index is 11.0. The quantitative estimate of drug-likeness (QED) is 0.382. The summed E-state index contributed by atoms with van der Waals surface area (Å²) >= 11 is 0. The van der Waals surface area contributed by atoms with E-state index in [9.17, 15) is 19.4 Å². The van der Waals surface area contributed by atoms with E-state index in [0.29, 0.717) is 6.92 Å². The van der Waals surface area contributed by atoms with Gasteiger partial charge in [-0.3, -0.25) is 0 Å². The fraction of sp³-hybridized carbons (Fsp3) is 0.333. The monoisotopic (exact) mass is 166 g/mol. The van der Waals surface area contributed by atoms with Crippen LogP contribution in [0.2, 0.25) is 0 Å². The molecule has 0 atom stereocenters. The van der Waals surface area contributed by atoms with E-state index in [1.54, 1.807) is 0 Å². The van der Waals surface area contributed by atoms with Gasteiger partial charge in [-0.25, -0.2) is 0 Å². The highest BCUT2D eigenvalue weighted by molar-refractivity contribution is 8.49. The van der Waals surface area contributed by atoms with Gasteiger partial charge in [0.05, 0.1) is 5.25 Å². The minimum Gasteiger partial charge on any atom is -0.0873 e. The Hall–Kier alpha value is -0.440. The zero-order chi connectivity index (χ0) is 7.82. The first kappa shape index (κ1) is 8.56. The van der Waals surface area contributed by atoms with Crippen LogP contribution in [0.3, 0.4) is 0 Å². The Labute approximate surface area is 48.8 Å². The molecule has 0 N–H and O–H groups in total. The molecule has 0 spiro atoms. The molecule has 6 heteroatoms. The van der Waals surface area contributed by atoms with Gasteiger partial charge in [0.25, 0.3) is 0 Å². The Bertz CT molecular complexity index is 173. The molecule has 0 nitrogen and oxygen atoms in total. The van der Waals surface area contributed by atoms with Crippen molar-refractivity contribution in [3.63, 3.8) is 0 Å². The lowest BCUT2D eigenvalue weighted by atomic mass is 10.9. The van der Waals surface area contributed by atoms with Crippen LogP contribution in [-0.4, -0.2) is 0 Å². The van der Waals surface area contributed by atoms with Crippen molar-refractivity contribution in [1.82, 2.24) is 0 Å². The summed E-state index contributed by atoms with van der Waals surface area (Å²) in [5, 5.41) is -0.0278. The summed E-state index contributed by atoms with van der Waals surface area (Å²) in [5.74, 6) is 1.12. The first-order chi connectivity index (χ1) is 3.54. The largest absolute Gasteiger partial charge is 0.345 e. The third-order valence-electron chi connectivity index (χ3n) is 0.295. The average Bonchev–Trinajstić information content (AvgIpc) is 1.22. The van der Waals surface area contributed by atoms with Crippen LogP contribution < -0.4 is 0 Å². The molecule has 56 valence electrons. The van der Waals surface area contributed by atoms with Gasteiger partial charge in [-0.05, 0) is 6.92 Å². The second kappa shape index (κ2) is 1.19. The molecule has 0 radical (unpaired) electrons. The average molecular weight is 166 g/mol. The van der Waals surface area contributed by atoms with Crippen molar-refractivity contribution >= 4 is 10.2 Å². The molecular weight excluding hydrogens is 163 g/mol. The van der Waals surface area contributed by atoms with Gasteiger partial charge in [-0.15, -0.1) is 0 Å². The molecule has 0 aliphatic heterocycles. The van der Waals surface area contributed by atoms with Gasteiger partial charge in [0.1, 0.15) is 0 Å². The van der Waals surface area contributed by atoms with Crippen molar-refractivity contribution in [3.05, 3.63) is 0 Å². The molecule has 0 aliphatic rings. The van der Waals surface area contributed by atoms with Gasteiger partial charge < -0.3 is 0 Å². The molecule has 0 aliphatic carbocycles. The minimum atomic E-state index is -9.39.